The van der Waals surface area contributed by atoms with E-state index in [1.807, 2.05) is 0 Å². The highest BCUT2D eigenvalue weighted by atomic mass is 35.5. The molecule has 96 valence electrons. The molecule has 0 aromatic heterocycles. The van der Waals surface area contributed by atoms with Gasteiger partial charge in [-0.25, -0.2) is 0 Å². The molecule has 1 aliphatic carbocycles. The van der Waals surface area contributed by atoms with E-state index >= 15 is 0 Å². The van der Waals surface area contributed by atoms with Crippen molar-refractivity contribution < 1.29 is 35.1 Å². The van der Waals surface area contributed by atoms with Gasteiger partial charge in [0.1, 0.15) is 10.8 Å². The van der Waals surface area contributed by atoms with Gasteiger partial charge in [-0.2, -0.15) is 35.1 Å². The van der Waals surface area contributed by atoms with Crippen LogP contribution in [0.3, 0.4) is 0 Å². The van der Waals surface area contributed by atoms with Crippen LogP contribution in [-0.4, -0.2) is 34.4 Å². The molecule has 0 aromatic rings. The minimum Gasteiger partial charge on any atom is -0.198 e. The molecule has 0 heterocycles. The summed E-state index contributed by atoms with van der Waals surface area (Å²) in [5.41, 5.74) is 0. The summed E-state index contributed by atoms with van der Waals surface area (Å²) in [6.07, 6.45) is 0. The molecule has 0 aromatic carbocycles. The van der Waals surface area contributed by atoms with E-state index in [0.29, 0.717) is 0 Å². The van der Waals surface area contributed by atoms with Crippen LogP contribution in [0.25, 0.3) is 0 Å². The standard InChI is InChI=1S/C6H2Cl2F8/c7-1-2(8)4(11,12)6(15,16)5(13,14)3(1,9)10/h1-2H/t1-,2-/m0/s1. The molecule has 0 unspecified atom stereocenters. The van der Waals surface area contributed by atoms with Crippen molar-refractivity contribution >= 4 is 23.2 Å². The highest BCUT2D eigenvalue weighted by molar-refractivity contribution is 6.31. The van der Waals surface area contributed by atoms with Crippen molar-refractivity contribution in [1.82, 2.24) is 0 Å². The minimum absolute atomic E-state index is 3.31. The Balaban J connectivity index is 3.42. The van der Waals surface area contributed by atoms with Gasteiger partial charge < -0.3 is 0 Å². The predicted octanol–water partition coefficient (Wildman–Crippen LogP) is 3.76. The lowest BCUT2D eigenvalue weighted by atomic mass is 9.85. The summed E-state index contributed by atoms with van der Waals surface area (Å²) in [7, 11) is 0. The molecule has 10 heteroatoms. The molecule has 1 rings (SSSR count). The first-order valence-corrected chi connectivity index (χ1v) is 4.48. The van der Waals surface area contributed by atoms with Crippen LogP contribution in [0.4, 0.5) is 35.1 Å². The summed E-state index contributed by atoms with van der Waals surface area (Å²) in [6, 6.07) is 0. The molecule has 1 aliphatic rings. The van der Waals surface area contributed by atoms with E-state index in [1.165, 1.54) is 0 Å². The summed E-state index contributed by atoms with van der Waals surface area (Å²) in [5.74, 6) is -23.6. The van der Waals surface area contributed by atoms with Gasteiger partial charge in [-0.15, -0.1) is 23.2 Å². The number of halogens is 10. The lowest BCUT2D eigenvalue weighted by molar-refractivity contribution is -0.388. The van der Waals surface area contributed by atoms with Crippen molar-refractivity contribution in [2.45, 2.75) is 34.4 Å². The number of hydrogen-bond donors (Lipinski definition) is 0. The van der Waals surface area contributed by atoms with E-state index in [4.69, 9.17) is 0 Å². The summed E-state index contributed by atoms with van der Waals surface area (Å²) < 4.78 is 101. The van der Waals surface area contributed by atoms with Gasteiger partial charge in [-0.3, -0.25) is 0 Å². The van der Waals surface area contributed by atoms with E-state index in [9.17, 15) is 35.1 Å². The third-order valence-corrected chi connectivity index (χ3v) is 3.36. The molecule has 0 amide bonds. The Bertz CT molecular complexity index is 271. The van der Waals surface area contributed by atoms with Gasteiger partial charge in [0.05, 0.1) is 0 Å². The van der Waals surface area contributed by atoms with E-state index in [0.717, 1.165) is 0 Å². The molecule has 0 nitrogen and oxygen atoms in total. The fourth-order valence-electron chi connectivity index (χ4n) is 1.13. The normalized spacial score (nSPS) is 39.4. The van der Waals surface area contributed by atoms with Crippen molar-refractivity contribution in [3.8, 4) is 0 Å². The molecule has 1 fully saturated rings. The highest BCUT2D eigenvalue weighted by Crippen LogP contribution is 2.62. The monoisotopic (exact) mass is 296 g/mol. The molecular weight excluding hydrogens is 295 g/mol. The summed E-state index contributed by atoms with van der Waals surface area (Å²) >= 11 is 9.16. The Morgan fingerprint density at radius 1 is 0.562 bits per heavy atom. The van der Waals surface area contributed by atoms with Crippen LogP contribution >= 0.6 is 23.2 Å². The van der Waals surface area contributed by atoms with Crippen molar-refractivity contribution in [2.75, 3.05) is 0 Å². The highest BCUT2D eigenvalue weighted by Gasteiger charge is 2.88. The van der Waals surface area contributed by atoms with Crippen LogP contribution in [-0.2, 0) is 0 Å². The second-order valence-electron chi connectivity index (χ2n) is 3.20. The Labute approximate surface area is 93.5 Å². The molecular formula is C6H2Cl2F8. The number of alkyl halides is 10. The Hall–Kier alpha value is 0.0200. The molecule has 2 atom stereocenters. The maximum atomic E-state index is 12.7. The SMILES string of the molecule is FC1(F)[C@@H](Cl)[C@H](Cl)C(F)(F)C(F)(F)C1(F)F. The zero-order valence-electron chi connectivity index (χ0n) is 6.93. The van der Waals surface area contributed by atoms with Gasteiger partial charge in [0, 0.05) is 0 Å². The lowest BCUT2D eigenvalue weighted by Gasteiger charge is -2.46. The second kappa shape index (κ2) is 3.28. The van der Waals surface area contributed by atoms with Crippen molar-refractivity contribution in [3.05, 3.63) is 0 Å². The lowest BCUT2D eigenvalue weighted by Crippen LogP contribution is -2.74. The average Bonchev–Trinajstić information content (AvgIpc) is 2.12. The zero-order valence-corrected chi connectivity index (χ0v) is 8.45. The molecule has 0 bridgehead atoms. The van der Waals surface area contributed by atoms with Gasteiger partial charge >= 0.3 is 23.7 Å². The van der Waals surface area contributed by atoms with Crippen LogP contribution in [0.2, 0.25) is 0 Å². The number of rotatable bonds is 0. The van der Waals surface area contributed by atoms with Crippen LogP contribution in [0.5, 0.6) is 0 Å². The van der Waals surface area contributed by atoms with Gasteiger partial charge in [-0.1, -0.05) is 0 Å². The zero-order chi connectivity index (χ0) is 13.2. The second-order valence-corrected chi connectivity index (χ2v) is 4.14. The van der Waals surface area contributed by atoms with Crippen LogP contribution in [0.15, 0.2) is 0 Å². The van der Waals surface area contributed by atoms with Gasteiger partial charge in [-0.05, 0) is 0 Å². The molecule has 0 spiro atoms. The Kier molecular flexibility index (Phi) is 2.88. The molecule has 16 heavy (non-hydrogen) atoms. The maximum Gasteiger partial charge on any atom is 0.379 e. The molecule has 0 radical (unpaired) electrons. The fraction of sp³-hybridized carbons (Fsp3) is 1.00. The van der Waals surface area contributed by atoms with Crippen molar-refractivity contribution in [1.29, 1.82) is 0 Å². The molecule has 0 aliphatic heterocycles. The van der Waals surface area contributed by atoms with E-state index in [2.05, 4.69) is 23.2 Å². The van der Waals surface area contributed by atoms with Crippen molar-refractivity contribution in [3.63, 3.8) is 0 Å². The van der Waals surface area contributed by atoms with Gasteiger partial charge in [0.15, 0.2) is 0 Å². The quantitative estimate of drug-likeness (QED) is 0.472. The predicted molar refractivity (Wildman–Crippen MR) is 39.1 cm³/mol. The summed E-state index contributed by atoms with van der Waals surface area (Å²) in [4.78, 5) is 0. The largest absolute Gasteiger partial charge is 0.379 e. The van der Waals surface area contributed by atoms with E-state index in [-0.39, 0.29) is 0 Å². The molecule has 1 saturated carbocycles. The average molecular weight is 297 g/mol. The van der Waals surface area contributed by atoms with Gasteiger partial charge in [0.2, 0.25) is 0 Å². The van der Waals surface area contributed by atoms with Gasteiger partial charge in [0.25, 0.3) is 0 Å². The van der Waals surface area contributed by atoms with E-state index in [1.54, 1.807) is 0 Å². The summed E-state index contributed by atoms with van der Waals surface area (Å²) in [6.45, 7) is 0. The van der Waals surface area contributed by atoms with E-state index < -0.39 is 34.4 Å². The number of hydrogen-bond acceptors (Lipinski definition) is 0. The minimum atomic E-state index is -6.28. The summed E-state index contributed by atoms with van der Waals surface area (Å²) in [5, 5.41) is -6.61. The third kappa shape index (κ3) is 1.28. The topological polar surface area (TPSA) is 0 Å². The maximum absolute atomic E-state index is 12.7. The first kappa shape index (κ1) is 14.1. The fourth-order valence-corrected chi connectivity index (χ4v) is 1.72. The van der Waals surface area contributed by atoms with Crippen LogP contribution in [0, 0.1) is 0 Å². The van der Waals surface area contributed by atoms with Crippen molar-refractivity contribution in [2.24, 2.45) is 0 Å². The first-order chi connectivity index (χ1) is 6.82. The Morgan fingerprint density at radius 3 is 0.938 bits per heavy atom. The van der Waals surface area contributed by atoms with Crippen LogP contribution in [0.1, 0.15) is 0 Å². The van der Waals surface area contributed by atoms with Crippen LogP contribution < -0.4 is 0 Å². The third-order valence-electron chi connectivity index (χ3n) is 2.18. The smallest absolute Gasteiger partial charge is 0.198 e. The first-order valence-electron chi connectivity index (χ1n) is 3.61. The molecule has 0 saturated heterocycles. The Morgan fingerprint density at radius 2 is 0.750 bits per heavy atom. The molecule has 0 N–H and O–H groups in total.